The van der Waals surface area contributed by atoms with E-state index in [4.69, 9.17) is 4.74 Å². The number of carbonyl (C=O) groups excluding carboxylic acids is 3. The predicted molar refractivity (Wildman–Crippen MR) is 130 cm³/mol. The van der Waals surface area contributed by atoms with Gasteiger partial charge in [0.05, 0.1) is 0 Å². The van der Waals surface area contributed by atoms with Crippen molar-refractivity contribution in [1.29, 1.82) is 0 Å². The molecule has 1 aliphatic rings. The van der Waals surface area contributed by atoms with Crippen LogP contribution in [0.15, 0.2) is 36.5 Å². The molecule has 2 aromatic rings. The van der Waals surface area contributed by atoms with Crippen LogP contribution < -0.4 is 10.2 Å². The molecule has 3 rings (SSSR count). The Morgan fingerprint density at radius 1 is 1.06 bits per heavy atom. The maximum atomic E-state index is 12.9. The Morgan fingerprint density at radius 3 is 2.21 bits per heavy atom. The van der Waals surface area contributed by atoms with Crippen LogP contribution in [0.2, 0.25) is 0 Å². The second kappa shape index (κ2) is 10.1. The highest BCUT2D eigenvalue weighted by molar-refractivity contribution is 6.02. The average Bonchev–Trinajstić information content (AvgIpc) is 3.23. The first-order valence-corrected chi connectivity index (χ1v) is 11.4. The Morgan fingerprint density at radius 2 is 1.68 bits per heavy atom. The maximum Gasteiger partial charge on any atom is 0.410 e. The zero-order chi connectivity index (χ0) is 25.0. The SMILES string of the molecule is C[C@@H](C(=O)N1CCN(c2ccc(NC(=O)c3ccn(C)n3)cc2)CC1)N(C)C(=O)OC(C)(C)C. The molecule has 0 spiro atoms. The van der Waals surface area contributed by atoms with Crippen LogP contribution in [-0.2, 0) is 16.6 Å². The fourth-order valence-electron chi connectivity index (χ4n) is 3.59. The van der Waals surface area contributed by atoms with Gasteiger partial charge in [0.15, 0.2) is 5.69 Å². The molecule has 1 saturated heterocycles. The van der Waals surface area contributed by atoms with Crippen molar-refractivity contribution in [2.75, 3.05) is 43.4 Å². The van der Waals surface area contributed by atoms with Gasteiger partial charge in [0, 0.05) is 57.8 Å². The van der Waals surface area contributed by atoms with Gasteiger partial charge < -0.3 is 19.9 Å². The summed E-state index contributed by atoms with van der Waals surface area (Å²) in [6.07, 6.45) is 1.21. The molecule has 10 nitrogen and oxygen atoms in total. The van der Waals surface area contributed by atoms with Crippen molar-refractivity contribution >= 4 is 29.3 Å². The van der Waals surface area contributed by atoms with Crippen LogP contribution >= 0.6 is 0 Å². The molecule has 0 bridgehead atoms. The van der Waals surface area contributed by atoms with Gasteiger partial charge in [0.2, 0.25) is 5.91 Å². The zero-order valence-corrected chi connectivity index (χ0v) is 20.7. The van der Waals surface area contributed by atoms with Gasteiger partial charge in [-0.1, -0.05) is 0 Å². The van der Waals surface area contributed by atoms with Gasteiger partial charge in [-0.3, -0.25) is 19.2 Å². The van der Waals surface area contributed by atoms with E-state index in [1.165, 1.54) is 4.90 Å². The minimum Gasteiger partial charge on any atom is -0.444 e. The second-order valence-corrected chi connectivity index (χ2v) is 9.46. The minimum absolute atomic E-state index is 0.0967. The van der Waals surface area contributed by atoms with Crippen molar-refractivity contribution in [1.82, 2.24) is 19.6 Å². The molecule has 10 heteroatoms. The van der Waals surface area contributed by atoms with E-state index in [0.717, 1.165) is 5.69 Å². The molecule has 0 unspecified atom stereocenters. The van der Waals surface area contributed by atoms with E-state index >= 15 is 0 Å². The third kappa shape index (κ3) is 6.27. The van der Waals surface area contributed by atoms with E-state index in [9.17, 15) is 14.4 Å². The number of likely N-dealkylation sites (N-methyl/N-ethyl adjacent to an activating group) is 1. The number of nitrogens with one attached hydrogen (secondary N) is 1. The first-order valence-electron chi connectivity index (χ1n) is 11.4. The molecule has 0 radical (unpaired) electrons. The van der Waals surface area contributed by atoms with E-state index in [-0.39, 0.29) is 11.8 Å². The molecule has 1 atom stereocenters. The number of anilines is 2. The number of piperazine rings is 1. The molecule has 1 fully saturated rings. The predicted octanol–water partition coefficient (Wildman–Crippen LogP) is 2.58. The molecule has 0 saturated carbocycles. The number of rotatable bonds is 5. The number of aryl methyl sites for hydroxylation is 1. The Bertz CT molecular complexity index is 1020. The molecule has 1 aliphatic heterocycles. The first kappa shape index (κ1) is 25.1. The number of amides is 3. The van der Waals surface area contributed by atoms with E-state index in [1.54, 1.807) is 63.6 Å². The lowest BCUT2D eigenvalue weighted by atomic mass is 10.2. The first-order chi connectivity index (χ1) is 15.9. The van der Waals surface area contributed by atoms with Crippen molar-refractivity contribution in [2.24, 2.45) is 7.05 Å². The number of carbonyl (C=O) groups is 3. The maximum absolute atomic E-state index is 12.9. The lowest BCUT2D eigenvalue weighted by Crippen LogP contribution is -2.54. The largest absolute Gasteiger partial charge is 0.444 e. The van der Waals surface area contributed by atoms with Crippen molar-refractivity contribution in [3.05, 3.63) is 42.2 Å². The van der Waals surface area contributed by atoms with Gasteiger partial charge in [-0.2, -0.15) is 5.10 Å². The van der Waals surface area contributed by atoms with Crippen LogP contribution in [0.4, 0.5) is 16.2 Å². The van der Waals surface area contributed by atoms with Crippen LogP contribution in [0.5, 0.6) is 0 Å². The number of benzene rings is 1. The Labute approximate surface area is 200 Å². The molecule has 34 heavy (non-hydrogen) atoms. The molecular weight excluding hydrogens is 436 g/mol. The summed E-state index contributed by atoms with van der Waals surface area (Å²) < 4.78 is 6.95. The number of aromatic nitrogens is 2. The molecular formula is C24H34N6O4. The number of hydrogen-bond acceptors (Lipinski definition) is 6. The van der Waals surface area contributed by atoms with Gasteiger partial charge in [-0.15, -0.1) is 0 Å². The lowest BCUT2D eigenvalue weighted by molar-refractivity contribution is -0.136. The topological polar surface area (TPSA) is 100 Å². The quantitative estimate of drug-likeness (QED) is 0.721. The summed E-state index contributed by atoms with van der Waals surface area (Å²) in [6.45, 7) is 9.58. The Balaban J connectivity index is 1.51. The van der Waals surface area contributed by atoms with Crippen molar-refractivity contribution < 1.29 is 19.1 Å². The summed E-state index contributed by atoms with van der Waals surface area (Å²) >= 11 is 0. The van der Waals surface area contributed by atoms with Crippen LogP contribution in [0.1, 0.15) is 38.2 Å². The number of ether oxygens (including phenoxy) is 1. The van der Waals surface area contributed by atoms with Gasteiger partial charge >= 0.3 is 6.09 Å². The smallest absolute Gasteiger partial charge is 0.410 e. The van der Waals surface area contributed by atoms with Crippen LogP contribution in [-0.4, -0.2) is 82.4 Å². The van der Waals surface area contributed by atoms with Crippen LogP contribution in [0, 0.1) is 0 Å². The minimum atomic E-state index is -0.615. The normalized spacial score (nSPS) is 15.0. The summed E-state index contributed by atoms with van der Waals surface area (Å²) in [5, 5.41) is 6.94. The molecule has 1 aromatic heterocycles. The monoisotopic (exact) mass is 470 g/mol. The fourth-order valence-corrected chi connectivity index (χ4v) is 3.59. The van der Waals surface area contributed by atoms with Crippen molar-refractivity contribution in [3.63, 3.8) is 0 Å². The fraction of sp³-hybridized carbons (Fsp3) is 0.500. The highest BCUT2D eigenvalue weighted by Gasteiger charge is 2.31. The highest BCUT2D eigenvalue weighted by atomic mass is 16.6. The number of hydrogen-bond donors (Lipinski definition) is 1. The summed E-state index contributed by atoms with van der Waals surface area (Å²) in [5.74, 6) is -0.355. The Kier molecular flexibility index (Phi) is 7.48. The molecule has 3 amide bonds. The number of nitrogens with zero attached hydrogens (tertiary/aromatic N) is 5. The third-order valence-electron chi connectivity index (χ3n) is 5.65. The Hall–Kier alpha value is -3.56. The van der Waals surface area contributed by atoms with E-state index in [2.05, 4.69) is 15.3 Å². The van der Waals surface area contributed by atoms with E-state index in [0.29, 0.717) is 37.6 Å². The lowest BCUT2D eigenvalue weighted by Gasteiger charge is -2.38. The second-order valence-electron chi connectivity index (χ2n) is 9.46. The van der Waals surface area contributed by atoms with Gasteiger partial charge in [-0.05, 0) is 58.0 Å². The zero-order valence-electron chi connectivity index (χ0n) is 20.7. The van der Waals surface area contributed by atoms with E-state index < -0.39 is 17.7 Å². The van der Waals surface area contributed by atoms with Gasteiger partial charge in [0.1, 0.15) is 11.6 Å². The van der Waals surface area contributed by atoms with Crippen LogP contribution in [0.3, 0.4) is 0 Å². The van der Waals surface area contributed by atoms with Crippen LogP contribution in [0.25, 0.3) is 0 Å². The highest BCUT2D eigenvalue weighted by Crippen LogP contribution is 2.21. The summed E-state index contributed by atoms with van der Waals surface area (Å²) in [7, 11) is 3.35. The molecule has 1 aromatic carbocycles. The standard InChI is InChI=1S/C24H34N6O4/c1-17(28(6)23(33)34-24(2,3)4)22(32)30-15-13-29(14-16-30)19-9-7-18(8-10-19)25-21(31)20-11-12-27(5)26-20/h7-12,17H,13-16H2,1-6H3,(H,25,31)/t17-/m0/s1. The van der Waals surface area contributed by atoms with Gasteiger partial charge in [0.25, 0.3) is 5.91 Å². The van der Waals surface area contributed by atoms with E-state index in [1.807, 2.05) is 24.3 Å². The van der Waals surface area contributed by atoms with Gasteiger partial charge in [-0.25, -0.2) is 4.79 Å². The molecule has 184 valence electrons. The summed E-state index contributed by atoms with van der Waals surface area (Å²) in [5.41, 5.74) is 1.45. The summed E-state index contributed by atoms with van der Waals surface area (Å²) in [4.78, 5) is 42.8. The molecule has 0 aliphatic carbocycles. The summed E-state index contributed by atoms with van der Waals surface area (Å²) in [6, 6.07) is 8.66. The van der Waals surface area contributed by atoms with Crippen molar-refractivity contribution in [2.45, 2.75) is 39.3 Å². The van der Waals surface area contributed by atoms with Crippen molar-refractivity contribution in [3.8, 4) is 0 Å². The average molecular weight is 471 g/mol. The third-order valence-corrected chi connectivity index (χ3v) is 5.65. The molecule has 1 N–H and O–H groups in total. The molecule has 2 heterocycles.